The lowest BCUT2D eigenvalue weighted by molar-refractivity contribution is -0.147. The number of nitrogens with one attached hydrogen (secondary N) is 1. The highest BCUT2D eigenvalue weighted by atomic mass is 16.5. The monoisotopic (exact) mass is 199 g/mol. The van der Waals surface area contributed by atoms with Gasteiger partial charge in [-0.15, -0.1) is 0 Å². The van der Waals surface area contributed by atoms with Crippen LogP contribution in [0, 0.1) is 0 Å². The van der Waals surface area contributed by atoms with Crippen molar-refractivity contribution in [1.29, 1.82) is 0 Å². The van der Waals surface area contributed by atoms with Gasteiger partial charge in [-0.1, -0.05) is 6.08 Å². The molecule has 1 unspecified atom stereocenters. The van der Waals surface area contributed by atoms with Crippen LogP contribution in [0.1, 0.15) is 13.8 Å². The predicted molar refractivity (Wildman–Crippen MR) is 49.4 cm³/mol. The quantitative estimate of drug-likeness (QED) is 0.387. The second-order valence-corrected chi connectivity index (χ2v) is 2.56. The number of allylic oxidation sites excluding steroid dienone is 1. The molecule has 5 heteroatoms. The Labute approximate surface area is 82.1 Å². The van der Waals surface area contributed by atoms with Gasteiger partial charge in [-0.25, -0.2) is 4.79 Å². The average Bonchev–Trinajstić information content (AvgIpc) is 2.13. The van der Waals surface area contributed by atoms with Gasteiger partial charge in [0.2, 0.25) is 5.91 Å². The predicted octanol–water partition coefficient (Wildman–Crippen LogP) is -0.191. The summed E-state index contributed by atoms with van der Waals surface area (Å²) in [5, 5.41) is 2.20. The van der Waals surface area contributed by atoms with Gasteiger partial charge in [-0.05, 0) is 13.0 Å². The summed E-state index contributed by atoms with van der Waals surface area (Å²) in [6.45, 7) is 2.86. The second-order valence-electron chi connectivity index (χ2n) is 2.56. The first-order chi connectivity index (χ1) is 6.52. The SMILES string of the molecule is C/C=C/C(=O)C(NC(C)=O)C(=O)OC. The fourth-order valence-electron chi connectivity index (χ4n) is 0.828. The fraction of sp³-hybridized carbons (Fsp3) is 0.444. The molecule has 1 atom stereocenters. The lowest BCUT2D eigenvalue weighted by Crippen LogP contribution is -2.45. The molecule has 0 aliphatic heterocycles. The van der Waals surface area contributed by atoms with E-state index in [2.05, 4.69) is 10.1 Å². The summed E-state index contributed by atoms with van der Waals surface area (Å²) in [5.74, 6) is -1.74. The molecule has 0 spiro atoms. The van der Waals surface area contributed by atoms with Crippen molar-refractivity contribution in [3.63, 3.8) is 0 Å². The van der Waals surface area contributed by atoms with Crippen LogP contribution in [-0.4, -0.2) is 30.8 Å². The highest BCUT2D eigenvalue weighted by Crippen LogP contribution is 1.92. The fourth-order valence-corrected chi connectivity index (χ4v) is 0.828. The first-order valence-electron chi connectivity index (χ1n) is 4.04. The molecule has 0 saturated carbocycles. The molecule has 0 rings (SSSR count). The maximum atomic E-state index is 11.3. The van der Waals surface area contributed by atoms with Crippen LogP contribution in [0.2, 0.25) is 0 Å². The second kappa shape index (κ2) is 5.90. The average molecular weight is 199 g/mol. The summed E-state index contributed by atoms with van der Waals surface area (Å²) in [6, 6.07) is -1.24. The van der Waals surface area contributed by atoms with Crippen LogP contribution in [0.25, 0.3) is 0 Å². The zero-order valence-corrected chi connectivity index (χ0v) is 8.37. The Morgan fingerprint density at radius 2 is 1.93 bits per heavy atom. The number of carbonyl (C=O) groups is 3. The standard InChI is InChI=1S/C9H13NO4/c1-4-5-7(12)8(9(13)14-3)10-6(2)11/h4-5,8H,1-3H3,(H,10,11)/b5-4+. The van der Waals surface area contributed by atoms with Gasteiger partial charge in [-0.2, -0.15) is 0 Å². The first-order valence-corrected chi connectivity index (χ1v) is 4.04. The number of carbonyl (C=O) groups excluding carboxylic acids is 3. The van der Waals surface area contributed by atoms with E-state index in [0.29, 0.717) is 0 Å². The number of hydrogen-bond acceptors (Lipinski definition) is 4. The topological polar surface area (TPSA) is 72.5 Å². The van der Waals surface area contributed by atoms with Gasteiger partial charge in [0.25, 0.3) is 0 Å². The number of esters is 1. The number of hydrogen-bond donors (Lipinski definition) is 1. The maximum absolute atomic E-state index is 11.3. The van der Waals surface area contributed by atoms with Crippen LogP contribution in [0.4, 0.5) is 0 Å². The van der Waals surface area contributed by atoms with E-state index < -0.39 is 23.7 Å². The van der Waals surface area contributed by atoms with E-state index in [4.69, 9.17) is 0 Å². The van der Waals surface area contributed by atoms with E-state index in [1.54, 1.807) is 6.92 Å². The molecule has 0 fully saturated rings. The Morgan fingerprint density at radius 3 is 2.29 bits per heavy atom. The molecule has 1 amide bonds. The van der Waals surface area contributed by atoms with E-state index in [9.17, 15) is 14.4 Å². The minimum atomic E-state index is -1.24. The van der Waals surface area contributed by atoms with Crippen molar-refractivity contribution < 1.29 is 19.1 Å². The van der Waals surface area contributed by atoms with E-state index in [0.717, 1.165) is 7.11 Å². The zero-order chi connectivity index (χ0) is 11.1. The van der Waals surface area contributed by atoms with Gasteiger partial charge in [0.1, 0.15) is 0 Å². The van der Waals surface area contributed by atoms with Crippen LogP contribution < -0.4 is 5.32 Å². The molecule has 0 aromatic heterocycles. The van der Waals surface area contributed by atoms with E-state index in [1.165, 1.54) is 19.1 Å². The van der Waals surface area contributed by atoms with Crippen LogP contribution in [-0.2, 0) is 19.1 Å². The van der Waals surface area contributed by atoms with Gasteiger partial charge in [-0.3, -0.25) is 9.59 Å². The van der Waals surface area contributed by atoms with Crippen LogP contribution in [0.15, 0.2) is 12.2 Å². The van der Waals surface area contributed by atoms with Gasteiger partial charge in [0.05, 0.1) is 7.11 Å². The van der Waals surface area contributed by atoms with E-state index in [1.807, 2.05) is 0 Å². The van der Waals surface area contributed by atoms with Gasteiger partial charge in [0, 0.05) is 6.92 Å². The molecule has 78 valence electrons. The van der Waals surface area contributed by atoms with Crippen molar-refractivity contribution in [2.75, 3.05) is 7.11 Å². The van der Waals surface area contributed by atoms with Gasteiger partial charge >= 0.3 is 5.97 Å². The third-order valence-electron chi connectivity index (χ3n) is 1.40. The molecule has 0 radical (unpaired) electrons. The molecule has 0 aliphatic carbocycles. The van der Waals surface area contributed by atoms with Crippen molar-refractivity contribution in [1.82, 2.24) is 5.32 Å². The Hall–Kier alpha value is -1.65. The van der Waals surface area contributed by atoms with Crippen molar-refractivity contribution in [3.05, 3.63) is 12.2 Å². The number of amides is 1. The first kappa shape index (κ1) is 12.3. The molecule has 0 aliphatic rings. The smallest absolute Gasteiger partial charge is 0.336 e. The summed E-state index contributed by atoms with van der Waals surface area (Å²) < 4.78 is 4.37. The molecule has 0 aromatic rings. The van der Waals surface area contributed by atoms with Gasteiger partial charge < -0.3 is 10.1 Å². The minimum absolute atomic E-state index is 0.460. The molecular weight excluding hydrogens is 186 g/mol. The normalized spacial score (nSPS) is 12.2. The lowest BCUT2D eigenvalue weighted by atomic mass is 10.1. The molecule has 0 aromatic carbocycles. The Kier molecular flexibility index (Phi) is 5.21. The zero-order valence-electron chi connectivity index (χ0n) is 8.37. The van der Waals surface area contributed by atoms with Crippen LogP contribution in [0.3, 0.4) is 0 Å². The number of methoxy groups -OCH3 is 1. The summed E-state index contributed by atoms with van der Waals surface area (Å²) >= 11 is 0. The summed E-state index contributed by atoms with van der Waals surface area (Å²) in [4.78, 5) is 33.0. The summed E-state index contributed by atoms with van der Waals surface area (Å²) in [7, 11) is 1.15. The van der Waals surface area contributed by atoms with Crippen molar-refractivity contribution >= 4 is 17.7 Å². The molecule has 5 nitrogen and oxygen atoms in total. The van der Waals surface area contributed by atoms with E-state index in [-0.39, 0.29) is 0 Å². The molecule has 1 N–H and O–H groups in total. The highest BCUT2D eigenvalue weighted by Gasteiger charge is 2.25. The summed E-state index contributed by atoms with van der Waals surface area (Å²) in [6.07, 6.45) is 2.69. The van der Waals surface area contributed by atoms with E-state index >= 15 is 0 Å². The number of ether oxygens (including phenoxy) is 1. The molecule has 0 saturated heterocycles. The van der Waals surface area contributed by atoms with Crippen LogP contribution >= 0.6 is 0 Å². The van der Waals surface area contributed by atoms with Gasteiger partial charge in [0.15, 0.2) is 11.8 Å². The number of rotatable bonds is 4. The molecule has 0 heterocycles. The Balaban J connectivity index is 4.62. The Bertz CT molecular complexity index is 270. The highest BCUT2D eigenvalue weighted by molar-refractivity contribution is 6.10. The minimum Gasteiger partial charge on any atom is -0.467 e. The van der Waals surface area contributed by atoms with Crippen molar-refractivity contribution in [2.45, 2.75) is 19.9 Å². The molecular formula is C9H13NO4. The molecule has 0 bridgehead atoms. The third kappa shape index (κ3) is 3.84. The largest absolute Gasteiger partial charge is 0.467 e. The molecule has 14 heavy (non-hydrogen) atoms. The lowest BCUT2D eigenvalue weighted by Gasteiger charge is -2.11. The van der Waals surface area contributed by atoms with Crippen molar-refractivity contribution in [3.8, 4) is 0 Å². The Morgan fingerprint density at radius 1 is 1.36 bits per heavy atom. The number of ketones is 1. The summed E-state index contributed by atoms with van der Waals surface area (Å²) in [5.41, 5.74) is 0. The van der Waals surface area contributed by atoms with Crippen molar-refractivity contribution in [2.24, 2.45) is 0 Å². The third-order valence-corrected chi connectivity index (χ3v) is 1.40. The van der Waals surface area contributed by atoms with Crippen LogP contribution in [0.5, 0.6) is 0 Å². The maximum Gasteiger partial charge on any atom is 0.336 e.